The van der Waals surface area contributed by atoms with Crippen LogP contribution in [-0.2, 0) is 14.9 Å². The molecule has 1 unspecified atom stereocenters. The summed E-state index contributed by atoms with van der Waals surface area (Å²) in [6.07, 6.45) is -0.928. The summed E-state index contributed by atoms with van der Waals surface area (Å²) >= 11 is 0. The molecule has 0 radical (unpaired) electrons. The lowest BCUT2D eigenvalue weighted by Crippen LogP contribution is -2.30. The van der Waals surface area contributed by atoms with E-state index in [1.165, 1.54) is 0 Å². The van der Waals surface area contributed by atoms with Gasteiger partial charge in [0.1, 0.15) is 12.4 Å². The topological polar surface area (TPSA) is 55.8 Å². The molecule has 4 heteroatoms. The van der Waals surface area contributed by atoms with Crippen molar-refractivity contribution in [3.8, 4) is 5.75 Å². The zero-order chi connectivity index (χ0) is 14.5. The van der Waals surface area contributed by atoms with Gasteiger partial charge in [-0.1, -0.05) is 32.9 Å². The van der Waals surface area contributed by atoms with Crippen molar-refractivity contribution in [1.29, 1.82) is 0 Å². The summed E-state index contributed by atoms with van der Waals surface area (Å²) in [6, 6.07) is 7.70. The van der Waals surface area contributed by atoms with Crippen LogP contribution in [0.4, 0.5) is 0 Å². The van der Waals surface area contributed by atoms with Crippen LogP contribution in [0.15, 0.2) is 24.3 Å². The third-order valence-corrected chi connectivity index (χ3v) is 2.74. The molecule has 106 valence electrons. The van der Waals surface area contributed by atoms with E-state index in [1.807, 2.05) is 24.3 Å². The first-order chi connectivity index (χ1) is 8.84. The maximum Gasteiger partial charge on any atom is 0.336 e. The van der Waals surface area contributed by atoms with E-state index < -0.39 is 12.1 Å². The molecule has 0 heterocycles. The van der Waals surface area contributed by atoms with Gasteiger partial charge in [0.25, 0.3) is 0 Å². The van der Waals surface area contributed by atoms with Gasteiger partial charge in [-0.3, -0.25) is 0 Å². The summed E-state index contributed by atoms with van der Waals surface area (Å²) < 4.78 is 10.6. The van der Waals surface area contributed by atoms with E-state index in [9.17, 15) is 4.79 Å². The largest absolute Gasteiger partial charge is 0.490 e. The molecule has 1 N–H and O–H groups in total. The van der Waals surface area contributed by atoms with Crippen molar-refractivity contribution in [2.45, 2.75) is 39.2 Å². The molecule has 0 aromatic heterocycles. The molecule has 1 aromatic carbocycles. The maximum atomic E-state index is 10.9. The van der Waals surface area contributed by atoms with Crippen LogP contribution in [0.5, 0.6) is 5.75 Å². The molecule has 1 atom stereocenters. The Hall–Kier alpha value is -1.55. The Morgan fingerprint density at radius 3 is 2.58 bits per heavy atom. The number of ether oxygens (including phenoxy) is 2. The monoisotopic (exact) mass is 266 g/mol. The van der Waals surface area contributed by atoms with Crippen LogP contribution in [0.1, 0.15) is 33.3 Å². The van der Waals surface area contributed by atoms with Crippen molar-refractivity contribution in [2.24, 2.45) is 0 Å². The molecule has 0 fully saturated rings. The van der Waals surface area contributed by atoms with Crippen LogP contribution in [-0.4, -0.2) is 30.4 Å². The molecule has 19 heavy (non-hydrogen) atoms. The molecule has 0 saturated heterocycles. The van der Waals surface area contributed by atoms with Gasteiger partial charge in [0, 0.05) is 6.61 Å². The van der Waals surface area contributed by atoms with Crippen LogP contribution in [0.25, 0.3) is 0 Å². The summed E-state index contributed by atoms with van der Waals surface area (Å²) in [6.45, 7) is 8.47. The van der Waals surface area contributed by atoms with E-state index in [0.29, 0.717) is 12.4 Å². The Balaban J connectivity index is 2.69. The van der Waals surface area contributed by atoms with Gasteiger partial charge < -0.3 is 14.6 Å². The van der Waals surface area contributed by atoms with E-state index in [-0.39, 0.29) is 12.0 Å². The second-order valence-electron chi connectivity index (χ2n) is 5.37. The molecule has 0 amide bonds. The van der Waals surface area contributed by atoms with Crippen LogP contribution in [0.2, 0.25) is 0 Å². The smallest absolute Gasteiger partial charge is 0.336 e. The van der Waals surface area contributed by atoms with Gasteiger partial charge in [0.2, 0.25) is 0 Å². The number of hydrogen-bond acceptors (Lipinski definition) is 3. The lowest BCUT2D eigenvalue weighted by Gasteiger charge is -2.20. The van der Waals surface area contributed by atoms with Gasteiger partial charge >= 0.3 is 5.97 Å². The number of carbonyl (C=O) groups is 1. The first kappa shape index (κ1) is 15.5. The minimum absolute atomic E-state index is 0.0107. The zero-order valence-electron chi connectivity index (χ0n) is 12.0. The average molecular weight is 266 g/mol. The summed E-state index contributed by atoms with van der Waals surface area (Å²) in [7, 11) is 0. The Bertz CT molecular complexity index is 420. The van der Waals surface area contributed by atoms with Gasteiger partial charge in [0.15, 0.2) is 6.10 Å². The average Bonchev–Trinajstić information content (AvgIpc) is 2.33. The van der Waals surface area contributed by atoms with Gasteiger partial charge in [0.05, 0.1) is 0 Å². The fourth-order valence-electron chi connectivity index (χ4n) is 1.62. The molecule has 0 bridgehead atoms. The molecule has 4 nitrogen and oxygen atoms in total. The van der Waals surface area contributed by atoms with Gasteiger partial charge in [-0.15, -0.1) is 0 Å². The SMILES string of the molecule is CCOC(COc1cccc(C(C)(C)C)c1)C(=O)O. The number of aliphatic carboxylic acids is 1. The second-order valence-corrected chi connectivity index (χ2v) is 5.37. The standard InChI is InChI=1S/C15H22O4/c1-5-18-13(14(16)17)10-19-12-8-6-7-11(9-12)15(2,3)4/h6-9,13H,5,10H2,1-4H3,(H,16,17). The molecule has 0 spiro atoms. The Labute approximate surface area is 114 Å². The maximum absolute atomic E-state index is 10.9. The quantitative estimate of drug-likeness (QED) is 0.860. The fourth-order valence-corrected chi connectivity index (χ4v) is 1.62. The molecule has 1 rings (SSSR count). The third-order valence-electron chi connectivity index (χ3n) is 2.74. The summed E-state index contributed by atoms with van der Waals surface area (Å²) in [5.74, 6) is -0.341. The van der Waals surface area contributed by atoms with Gasteiger partial charge in [-0.25, -0.2) is 4.79 Å². The minimum Gasteiger partial charge on any atom is -0.490 e. The lowest BCUT2D eigenvalue weighted by molar-refractivity contribution is -0.152. The number of benzene rings is 1. The van der Waals surface area contributed by atoms with E-state index in [1.54, 1.807) is 6.92 Å². The second kappa shape index (κ2) is 6.57. The number of rotatable bonds is 6. The highest BCUT2D eigenvalue weighted by molar-refractivity contribution is 5.72. The summed E-state index contributed by atoms with van der Waals surface area (Å²) in [5.41, 5.74) is 1.18. The molecule has 0 aliphatic rings. The normalized spacial score (nSPS) is 13.1. The Morgan fingerprint density at radius 1 is 1.37 bits per heavy atom. The zero-order valence-corrected chi connectivity index (χ0v) is 12.0. The lowest BCUT2D eigenvalue weighted by atomic mass is 9.87. The first-order valence-corrected chi connectivity index (χ1v) is 6.42. The highest BCUT2D eigenvalue weighted by atomic mass is 16.5. The van der Waals surface area contributed by atoms with E-state index in [0.717, 1.165) is 5.56 Å². The number of carboxylic acid groups (broad SMARTS) is 1. The van der Waals surface area contributed by atoms with E-state index >= 15 is 0 Å². The molecule has 0 aliphatic carbocycles. The van der Waals surface area contributed by atoms with Crippen molar-refractivity contribution < 1.29 is 19.4 Å². The molecule has 0 saturated carbocycles. The number of carboxylic acids is 1. The van der Waals surface area contributed by atoms with Crippen LogP contribution in [0, 0.1) is 0 Å². The van der Waals surface area contributed by atoms with Gasteiger partial charge in [-0.05, 0) is 30.0 Å². The van der Waals surface area contributed by atoms with E-state index in [4.69, 9.17) is 14.6 Å². The molecule has 1 aromatic rings. The van der Waals surface area contributed by atoms with Crippen molar-refractivity contribution in [1.82, 2.24) is 0 Å². The minimum atomic E-state index is -1.01. The van der Waals surface area contributed by atoms with Crippen molar-refractivity contribution in [3.05, 3.63) is 29.8 Å². The van der Waals surface area contributed by atoms with Crippen molar-refractivity contribution >= 4 is 5.97 Å². The highest BCUT2D eigenvalue weighted by Gasteiger charge is 2.19. The first-order valence-electron chi connectivity index (χ1n) is 6.42. The fraction of sp³-hybridized carbons (Fsp3) is 0.533. The van der Waals surface area contributed by atoms with Crippen LogP contribution >= 0.6 is 0 Å². The predicted octanol–water partition coefficient (Wildman–Crippen LogP) is 2.85. The highest BCUT2D eigenvalue weighted by Crippen LogP contribution is 2.25. The van der Waals surface area contributed by atoms with Gasteiger partial charge in [-0.2, -0.15) is 0 Å². The van der Waals surface area contributed by atoms with Crippen molar-refractivity contribution in [2.75, 3.05) is 13.2 Å². The van der Waals surface area contributed by atoms with Crippen LogP contribution < -0.4 is 4.74 Å². The van der Waals surface area contributed by atoms with Crippen LogP contribution in [0.3, 0.4) is 0 Å². The third kappa shape index (κ3) is 4.91. The Kier molecular flexibility index (Phi) is 5.36. The van der Waals surface area contributed by atoms with Crippen molar-refractivity contribution in [3.63, 3.8) is 0 Å². The predicted molar refractivity (Wildman–Crippen MR) is 73.7 cm³/mol. The summed E-state index contributed by atoms with van der Waals surface area (Å²) in [5, 5.41) is 8.96. The number of hydrogen-bond donors (Lipinski definition) is 1. The molecular weight excluding hydrogens is 244 g/mol. The summed E-state index contributed by atoms with van der Waals surface area (Å²) in [4.78, 5) is 10.9. The molecular formula is C15H22O4. The Morgan fingerprint density at radius 2 is 2.05 bits per heavy atom. The molecule has 0 aliphatic heterocycles. The van der Waals surface area contributed by atoms with E-state index in [2.05, 4.69) is 20.8 Å².